The fraction of sp³-hybridized carbons (Fsp3) is 0.143. The van der Waals surface area contributed by atoms with E-state index < -0.39 is 0 Å². The molecule has 5 aromatic rings. The fourth-order valence-corrected chi connectivity index (χ4v) is 4.78. The van der Waals surface area contributed by atoms with Crippen LogP contribution in [0.4, 0.5) is 0 Å². The van der Waals surface area contributed by atoms with E-state index in [0.29, 0.717) is 33.9 Å². The van der Waals surface area contributed by atoms with Gasteiger partial charge in [0.1, 0.15) is 22.5 Å². The van der Waals surface area contributed by atoms with Crippen molar-refractivity contribution in [2.75, 3.05) is 28.4 Å². The summed E-state index contributed by atoms with van der Waals surface area (Å²) in [7, 11) is 5.91. The topological polar surface area (TPSA) is 89.1 Å². The highest BCUT2D eigenvalue weighted by Gasteiger charge is 2.24. The highest BCUT2D eigenvalue weighted by Crippen LogP contribution is 2.43. The molecule has 0 aliphatic rings. The third-order valence-electron chi connectivity index (χ3n) is 6.11. The number of hydrogen-bond acceptors (Lipinski definition) is 7. The van der Waals surface area contributed by atoms with Gasteiger partial charge in [-0.15, -0.1) is 0 Å². The second kappa shape index (κ2) is 9.67. The molecule has 0 bridgehead atoms. The number of nitrogens with zero attached hydrogens (tertiary/aromatic N) is 1. The van der Waals surface area contributed by atoms with Gasteiger partial charge in [0, 0.05) is 33.8 Å². The molecule has 9 heteroatoms. The van der Waals surface area contributed by atoms with Crippen molar-refractivity contribution < 1.29 is 28.2 Å². The molecule has 188 valence electrons. The van der Waals surface area contributed by atoms with E-state index in [1.165, 1.54) is 39.1 Å². The highest BCUT2D eigenvalue weighted by atomic mass is 79.9. The Labute approximate surface area is 220 Å². The summed E-state index contributed by atoms with van der Waals surface area (Å²) in [5, 5.41) is 0.963. The smallest absolute Gasteiger partial charge is 0.266 e. The first-order valence-corrected chi connectivity index (χ1v) is 12.0. The number of aromatic nitrogens is 1. The molecule has 0 amide bonds. The molecule has 0 unspecified atom stereocenters. The van der Waals surface area contributed by atoms with Crippen LogP contribution in [0, 0.1) is 0 Å². The summed E-state index contributed by atoms with van der Waals surface area (Å²) < 4.78 is 30.3. The van der Waals surface area contributed by atoms with E-state index in [9.17, 15) is 9.59 Å². The number of hydrogen-bond donors (Lipinski definition) is 0. The molecule has 0 atom stereocenters. The Morgan fingerprint density at radius 2 is 1.59 bits per heavy atom. The number of para-hydroxylation sites is 1. The maximum atomic E-state index is 13.6. The second-order valence-electron chi connectivity index (χ2n) is 8.07. The van der Waals surface area contributed by atoms with E-state index in [1.54, 1.807) is 30.5 Å². The number of benzene rings is 3. The monoisotopic (exact) mass is 563 g/mol. The van der Waals surface area contributed by atoms with Crippen LogP contribution in [0.1, 0.15) is 10.4 Å². The number of carbonyl (C=O) groups excluding carboxylic acids is 1. The molecular formula is C28H22BrNO7. The second-order valence-corrected chi connectivity index (χ2v) is 8.99. The zero-order valence-corrected chi connectivity index (χ0v) is 22.0. The molecule has 5 rings (SSSR count). The molecule has 8 nitrogen and oxygen atoms in total. The minimum Gasteiger partial charge on any atom is -0.496 e. The van der Waals surface area contributed by atoms with Crippen LogP contribution in [0.15, 0.2) is 74.5 Å². The molecule has 0 fully saturated rings. The van der Waals surface area contributed by atoms with Crippen molar-refractivity contribution in [1.29, 1.82) is 0 Å². The van der Waals surface area contributed by atoms with Crippen LogP contribution in [0.3, 0.4) is 0 Å². The van der Waals surface area contributed by atoms with Gasteiger partial charge in [-0.3, -0.25) is 14.2 Å². The van der Waals surface area contributed by atoms with Crippen molar-refractivity contribution in [3.63, 3.8) is 0 Å². The van der Waals surface area contributed by atoms with Crippen molar-refractivity contribution >= 4 is 43.7 Å². The predicted octanol–water partition coefficient (Wildman–Crippen LogP) is 5.90. The van der Waals surface area contributed by atoms with Crippen LogP contribution in [0.5, 0.6) is 23.0 Å². The van der Waals surface area contributed by atoms with Gasteiger partial charge in [0.2, 0.25) is 5.75 Å². The zero-order valence-electron chi connectivity index (χ0n) is 20.5. The quantitative estimate of drug-likeness (QED) is 0.254. The van der Waals surface area contributed by atoms with Gasteiger partial charge in [-0.1, -0.05) is 34.1 Å². The van der Waals surface area contributed by atoms with Crippen LogP contribution >= 0.6 is 15.9 Å². The van der Waals surface area contributed by atoms with E-state index in [-0.39, 0.29) is 33.8 Å². The van der Waals surface area contributed by atoms with E-state index in [1.807, 2.05) is 24.3 Å². The first kappa shape index (κ1) is 24.5. The Morgan fingerprint density at radius 3 is 2.30 bits per heavy atom. The van der Waals surface area contributed by atoms with Gasteiger partial charge in [-0.05, 0) is 24.3 Å². The molecule has 0 aliphatic carbocycles. The van der Waals surface area contributed by atoms with Gasteiger partial charge in [0.25, 0.3) is 5.91 Å². The summed E-state index contributed by atoms with van der Waals surface area (Å²) in [6.07, 6.45) is 1.66. The summed E-state index contributed by atoms with van der Waals surface area (Å²) in [5.74, 6) is 1.30. The normalized spacial score (nSPS) is 11.1. The lowest BCUT2D eigenvalue weighted by molar-refractivity contribution is 0.0962. The lowest BCUT2D eigenvalue weighted by Crippen LogP contribution is -2.12. The minimum atomic E-state index is -0.327. The molecule has 0 saturated heterocycles. The average Bonchev–Trinajstić information content (AvgIpc) is 3.31. The van der Waals surface area contributed by atoms with Crippen molar-refractivity contribution in [3.05, 3.63) is 81.1 Å². The van der Waals surface area contributed by atoms with Crippen molar-refractivity contribution in [1.82, 2.24) is 4.57 Å². The molecule has 0 aliphatic heterocycles. The molecule has 2 aromatic heterocycles. The average molecular weight is 564 g/mol. The van der Waals surface area contributed by atoms with Gasteiger partial charge < -0.3 is 23.4 Å². The van der Waals surface area contributed by atoms with Crippen LogP contribution in [-0.2, 0) is 0 Å². The fourth-order valence-electron chi connectivity index (χ4n) is 4.44. The van der Waals surface area contributed by atoms with E-state index >= 15 is 0 Å². The molecule has 2 heterocycles. The molecule has 0 saturated carbocycles. The number of ether oxygens (including phenoxy) is 4. The van der Waals surface area contributed by atoms with E-state index in [0.717, 1.165) is 9.86 Å². The van der Waals surface area contributed by atoms with Crippen LogP contribution < -0.4 is 24.4 Å². The molecule has 0 N–H and O–H groups in total. The van der Waals surface area contributed by atoms with Gasteiger partial charge >= 0.3 is 0 Å². The molecule has 37 heavy (non-hydrogen) atoms. The van der Waals surface area contributed by atoms with Gasteiger partial charge in [-0.2, -0.15) is 0 Å². The number of halogens is 1. The van der Waals surface area contributed by atoms with Crippen molar-refractivity contribution in [3.8, 4) is 34.3 Å². The van der Waals surface area contributed by atoms with Crippen LogP contribution in [0.2, 0.25) is 0 Å². The van der Waals surface area contributed by atoms with Crippen LogP contribution in [-0.4, -0.2) is 38.9 Å². The van der Waals surface area contributed by atoms with Gasteiger partial charge in [0.15, 0.2) is 16.9 Å². The lowest BCUT2D eigenvalue weighted by Gasteiger charge is -2.14. The Kier molecular flexibility index (Phi) is 6.39. The maximum Gasteiger partial charge on any atom is 0.266 e. The highest BCUT2D eigenvalue weighted by molar-refractivity contribution is 9.10. The summed E-state index contributed by atoms with van der Waals surface area (Å²) in [4.78, 5) is 26.9. The number of rotatable bonds is 6. The molecule has 0 radical (unpaired) electrons. The van der Waals surface area contributed by atoms with Crippen LogP contribution in [0.25, 0.3) is 33.2 Å². The molecular weight excluding hydrogens is 542 g/mol. The standard InChI is InChI=1S/C28H22BrNO7/c1-33-21-11-15(29)9-10-17(21)28(32)30-14-18(16-7-5-6-8-19(16)30)22-12-20(31)25-23(37-22)13-24(34-2)26(35-3)27(25)36-4/h5-14H,1-4H3. The number of methoxy groups -OCH3 is 4. The Bertz CT molecular complexity index is 1730. The number of fused-ring (bicyclic) bond motifs is 2. The SMILES string of the molecule is COc1cc(Br)ccc1C(=O)n1cc(-c2cc(=O)c3c(OC)c(OC)c(OC)cc3o2)c2ccccc21. The molecule has 3 aromatic carbocycles. The first-order valence-electron chi connectivity index (χ1n) is 11.2. The summed E-state index contributed by atoms with van der Waals surface area (Å²) in [5.41, 5.74) is 1.55. The maximum absolute atomic E-state index is 13.6. The van der Waals surface area contributed by atoms with E-state index in [2.05, 4.69) is 15.9 Å². The third-order valence-corrected chi connectivity index (χ3v) is 6.61. The summed E-state index contributed by atoms with van der Waals surface area (Å²) >= 11 is 3.41. The first-order chi connectivity index (χ1) is 17.9. The minimum absolute atomic E-state index is 0.220. The lowest BCUT2D eigenvalue weighted by atomic mass is 10.1. The Hall–Kier alpha value is -4.24. The predicted molar refractivity (Wildman–Crippen MR) is 143 cm³/mol. The third kappa shape index (κ3) is 4.01. The summed E-state index contributed by atoms with van der Waals surface area (Å²) in [6, 6.07) is 15.6. The molecule has 0 spiro atoms. The largest absolute Gasteiger partial charge is 0.496 e. The van der Waals surface area contributed by atoms with E-state index in [4.69, 9.17) is 23.4 Å². The van der Waals surface area contributed by atoms with Crippen molar-refractivity contribution in [2.45, 2.75) is 0 Å². The van der Waals surface area contributed by atoms with Gasteiger partial charge in [0.05, 0.1) is 39.5 Å². The Balaban J connectivity index is 1.75. The Morgan fingerprint density at radius 1 is 0.865 bits per heavy atom. The van der Waals surface area contributed by atoms with Gasteiger partial charge in [-0.25, -0.2) is 0 Å². The number of carbonyl (C=O) groups is 1. The van der Waals surface area contributed by atoms with Crippen molar-refractivity contribution in [2.24, 2.45) is 0 Å². The summed E-state index contributed by atoms with van der Waals surface area (Å²) in [6.45, 7) is 0. The zero-order chi connectivity index (χ0) is 26.3.